The fourth-order valence-corrected chi connectivity index (χ4v) is 2.80. The average Bonchev–Trinajstić information content (AvgIpc) is 2.57. The number of carbonyl (C=O) groups is 1. The maximum atomic E-state index is 12.1. The zero-order valence-electron chi connectivity index (χ0n) is 15.4. The Balaban J connectivity index is 1.72. The van der Waals surface area contributed by atoms with Crippen molar-refractivity contribution in [1.82, 2.24) is 10.2 Å². The van der Waals surface area contributed by atoms with Gasteiger partial charge >= 0.3 is 0 Å². The molecule has 0 spiro atoms. The molecule has 1 saturated heterocycles. The average molecular weight is 334 g/mol. The smallest absolute Gasteiger partial charge is 0.223 e. The van der Waals surface area contributed by atoms with Crippen LogP contribution >= 0.6 is 0 Å². The summed E-state index contributed by atoms with van der Waals surface area (Å²) in [6.07, 6.45) is 0.368. The van der Waals surface area contributed by atoms with E-state index in [1.165, 1.54) is 0 Å². The number of carbonyl (C=O) groups excluding carboxylic acids is 1. The fourth-order valence-electron chi connectivity index (χ4n) is 2.80. The minimum absolute atomic E-state index is 0.0293. The van der Waals surface area contributed by atoms with E-state index in [1.54, 1.807) is 0 Å². The lowest BCUT2D eigenvalue weighted by molar-refractivity contribution is -0.122. The number of hydrogen-bond donors (Lipinski definition) is 1. The molecule has 0 radical (unpaired) electrons. The van der Waals surface area contributed by atoms with Gasteiger partial charge in [0.15, 0.2) is 0 Å². The quantitative estimate of drug-likeness (QED) is 0.831. The third kappa shape index (κ3) is 5.49. The summed E-state index contributed by atoms with van der Waals surface area (Å²) in [5, 5.41) is 3.03. The van der Waals surface area contributed by atoms with Crippen LogP contribution in [0.15, 0.2) is 18.2 Å². The Kier molecular flexibility index (Phi) is 6.63. The number of nitrogens with zero attached hydrogens (tertiary/aromatic N) is 1. The van der Waals surface area contributed by atoms with Crippen molar-refractivity contribution in [3.05, 3.63) is 29.3 Å². The van der Waals surface area contributed by atoms with Crippen molar-refractivity contribution in [3.63, 3.8) is 0 Å². The molecule has 1 aromatic carbocycles. The lowest BCUT2D eigenvalue weighted by atomic mass is 10.0. The molecule has 5 heteroatoms. The van der Waals surface area contributed by atoms with Crippen LogP contribution in [-0.4, -0.2) is 55.8 Å². The summed E-state index contributed by atoms with van der Waals surface area (Å²) >= 11 is 0. The van der Waals surface area contributed by atoms with Crippen molar-refractivity contribution < 1.29 is 14.3 Å². The van der Waals surface area contributed by atoms with Crippen LogP contribution in [0.3, 0.4) is 0 Å². The van der Waals surface area contributed by atoms with Gasteiger partial charge in [0.05, 0.1) is 26.2 Å². The molecule has 0 atom stereocenters. The number of rotatable bonds is 7. The van der Waals surface area contributed by atoms with E-state index in [-0.39, 0.29) is 11.4 Å². The summed E-state index contributed by atoms with van der Waals surface area (Å²) < 4.78 is 11.1. The highest BCUT2D eigenvalue weighted by atomic mass is 16.5. The predicted molar refractivity (Wildman–Crippen MR) is 95.5 cm³/mol. The molecule has 1 aliphatic heterocycles. The normalized spacial score (nSPS) is 16.0. The second-order valence-electron chi connectivity index (χ2n) is 7.06. The van der Waals surface area contributed by atoms with Crippen LogP contribution in [0, 0.1) is 13.8 Å². The van der Waals surface area contributed by atoms with Crippen molar-refractivity contribution in [3.8, 4) is 5.75 Å². The summed E-state index contributed by atoms with van der Waals surface area (Å²) in [6, 6.07) is 6.10. The van der Waals surface area contributed by atoms with E-state index < -0.39 is 0 Å². The number of ether oxygens (including phenoxy) is 2. The highest BCUT2D eigenvalue weighted by Gasteiger charge is 2.28. The molecule has 24 heavy (non-hydrogen) atoms. The van der Waals surface area contributed by atoms with Crippen LogP contribution in [0.2, 0.25) is 0 Å². The Bertz CT molecular complexity index is 552. The van der Waals surface area contributed by atoms with Gasteiger partial charge in [0, 0.05) is 25.2 Å². The van der Waals surface area contributed by atoms with Crippen molar-refractivity contribution in [2.75, 3.05) is 39.5 Å². The number of hydrogen-bond acceptors (Lipinski definition) is 4. The van der Waals surface area contributed by atoms with Crippen LogP contribution in [0.4, 0.5) is 0 Å². The van der Waals surface area contributed by atoms with Gasteiger partial charge in [-0.3, -0.25) is 9.69 Å². The molecule has 0 aliphatic carbocycles. The van der Waals surface area contributed by atoms with Gasteiger partial charge in [-0.15, -0.1) is 0 Å². The molecule has 1 fully saturated rings. The Morgan fingerprint density at radius 2 is 2.00 bits per heavy atom. The van der Waals surface area contributed by atoms with E-state index in [0.29, 0.717) is 19.6 Å². The van der Waals surface area contributed by atoms with Crippen molar-refractivity contribution in [2.24, 2.45) is 0 Å². The lowest BCUT2D eigenvalue weighted by Gasteiger charge is -2.40. The highest BCUT2D eigenvalue weighted by molar-refractivity contribution is 5.76. The Morgan fingerprint density at radius 1 is 1.29 bits per heavy atom. The van der Waals surface area contributed by atoms with Gasteiger partial charge in [0.25, 0.3) is 0 Å². The summed E-state index contributed by atoms with van der Waals surface area (Å²) in [6.45, 7) is 12.8. The molecule has 1 aromatic rings. The van der Waals surface area contributed by atoms with Gasteiger partial charge in [-0.1, -0.05) is 12.1 Å². The Hall–Kier alpha value is -1.59. The number of benzene rings is 1. The van der Waals surface area contributed by atoms with Gasteiger partial charge in [0.2, 0.25) is 5.91 Å². The topological polar surface area (TPSA) is 50.8 Å². The minimum Gasteiger partial charge on any atom is -0.493 e. The van der Waals surface area contributed by atoms with Crippen LogP contribution in [-0.2, 0) is 9.53 Å². The van der Waals surface area contributed by atoms with Crippen molar-refractivity contribution in [2.45, 2.75) is 39.7 Å². The molecule has 1 heterocycles. The Labute approximate surface area is 145 Å². The molecule has 1 N–H and O–H groups in total. The summed E-state index contributed by atoms with van der Waals surface area (Å²) in [7, 11) is 0. The zero-order valence-corrected chi connectivity index (χ0v) is 15.4. The third-order valence-electron chi connectivity index (χ3n) is 4.52. The first-order valence-corrected chi connectivity index (χ1v) is 8.68. The van der Waals surface area contributed by atoms with Gasteiger partial charge in [0.1, 0.15) is 5.75 Å². The van der Waals surface area contributed by atoms with E-state index >= 15 is 0 Å². The van der Waals surface area contributed by atoms with Crippen LogP contribution < -0.4 is 10.1 Å². The first kappa shape index (κ1) is 18.7. The molecule has 0 saturated carbocycles. The molecule has 0 bridgehead atoms. The third-order valence-corrected chi connectivity index (χ3v) is 4.52. The maximum absolute atomic E-state index is 12.1. The largest absolute Gasteiger partial charge is 0.493 e. The first-order chi connectivity index (χ1) is 11.4. The molecule has 134 valence electrons. The number of amides is 1. The molecule has 2 rings (SSSR count). The standard InChI is InChI=1S/C19H30N2O3/c1-15-5-6-16(2)17(13-15)24-10-7-18(22)20-14-19(3,4)21-8-11-23-12-9-21/h5-6,13H,7-12,14H2,1-4H3,(H,20,22). The van der Waals surface area contributed by atoms with Gasteiger partial charge in [-0.05, 0) is 44.9 Å². The van der Waals surface area contributed by atoms with E-state index in [0.717, 1.165) is 43.2 Å². The van der Waals surface area contributed by atoms with Gasteiger partial charge in [-0.25, -0.2) is 0 Å². The molecule has 0 aromatic heterocycles. The predicted octanol–water partition coefficient (Wildman–Crippen LogP) is 2.30. The second kappa shape index (κ2) is 8.49. The van der Waals surface area contributed by atoms with Crippen LogP contribution in [0.1, 0.15) is 31.4 Å². The van der Waals surface area contributed by atoms with E-state index in [2.05, 4.69) is 30.1 Å². The Morgan fingerprint density at radius 3 is 2.71 bits per heavy atom. The highest BCUT2D eigenvalue weighted by Crippen LogP contribution is 2.19. The van der Waals surface area contributed by atoms with Crippen molar-refractivity contribution >= 4 is 5.91 Å². The second-order valence-corrected chi connectivity index (χ2v) is 7.06. The number of nitrogens with one attached hydrogen (secondary N) is 1. The van der Waals surface area contributed by atoms with E-state index in [1.807, 2.05) is 26.0 Å². The molecular formula is C19H30N2O3. The summed E-state index contributed by atoms with van der Waals surface area (Å²) in [5.41, 5.74) is 2.19. The SMILES string of the molecule is Cc1ccc(C)c(OCCC(=O)NCC(C)(C)N2CCOCC2)c1. The minimum atomic E-state index is -0.0621. The zero-order chi connectivity index (χ0) is 17.6. The number of morpholine rings is 1. The molecule has 5 nitrogen and oxygen atoms in total. The fraction of sp³-hybridized carbons (Fsp3) is 0.632. The van der Waals surface area contributed by atoms with E-state index in [4.69, 9.17) is 9.47 Å². The van der Waals surface area contributed by atoms with Crippen LogP contribution in [0.5, 0.6) is 5.75 Å². The van der Waals surface area contributed by atoms with Gasteiger partial charge in [-0.2, -0.15) is 0 Å². The van der Waals surface area contributed by atoms with E-state index in [9.17, 15) is 4.79 Å². The lowest BCUT2D eigenvalue weighted by Crippen LogP contribution is -2.55. The first-order valence-electron chi connectivity index (χ1n) is 8.68. The number of aryl methyl sites for hydroxylation is 2. The maximum Gasteiger partial charge on any atom is 0.223 e. The van der Waals surface area contributed by atoms with Crippen LogP contribution in [0.25, 0.3) is 0 Å². The monoisotopic (exact) mass is 334 g/mol. The molecule has 1 amide bonds. The van der Waals surface area contributed by atoms with Crippen molar-refractivity contribution in [1.29, 1.82) is 0 Å². The van der Waals surface area contributed by atoms with Gasteiger partial charge < -0.3 is 14.8 Å². The summed E-state index contributed by atoms with van der Waals surface area (Å²) in [4.78, 5) is 14.4. The summed E-state index contributed by atoms with van der Waals surface area (Å²) in [5.74, 6) is 0.887. The molecule has 1 aliphatic rings. The molecule has 0 unspecified atom stereocenters. The molecular weight excluding hydrogens is 304 g/mol.